The van der Waals surface area contributed by atoms with Crippen molar-refractivity contribution < 1.29 is 13.2 Å². The summed E-state index contributed by atoms with van der Waals surface area (Å²) in [7, 11) is -3.59. The second-order valence-electron chi connectivity index (χ2n) is 6.82. The largest absolute Gasteiger partial charge is 0.370 e. The number of hydrogen-bond donors (Lipinski definition) is 0. The molecule has 5 heteroatoms. The lowest BCUT2D eigenvalue weighted by atomic mass is 10.0. The van der Waals surface area contributed by atoms with E-state index in [-0.39, 0.29) is 6.10 Å². The number of rotatable bonds is 3. The quantitative estimate of drug-likeness (QED) is 0.855. The number of morpholine rings is 1. The van der Waals surface area contributed by atoms with Crippen LogP contribution in [-0.4, -0.2) is 31.4 Å². The molecule has 0 N–H and O–H groups in total. The standard InChI is InChI=1S/C19H23NO3S/c1-15-9-7-8-12-18(15)24(21,22)20-13-17(23-14-19(20,2)3)16-10-5-4-6-11-16/h4-12,17H,13-14H2,1-3H3. The third-order valence-electron chi connectivity index (χ3n) is 4.48. The molecule has 128 valence electrons. The monoisotopic (exact) mass is 345 g/mol. The highest BCUT2D eigenvalue weighted by Gasteiger charge is 2.43. The zero-order valence-corrected chi connectivity index (χ0v) is 15.1. The minimum atomic E-state index is -3.59. The van der Waals surface area contributed by atoms with Gasteiger partial charge < -0.3 is 4.74 Å². The van der Waals surface area contributed by atoms with Crippen molar-refractivity contribution in [2.45, 2.75) is 37.3 Å². The van der Waals surface area contributed by atoms with E-state index >= 15 is 0 Å². The highest BCUT2D eigenvalue weighted by atomic mass is 32.2. The van der Waals surface area contributed by atoms with Gasteiger partial charge in [-0.3, -0.25) is 0 Å². The second kappa shape index (κ2) is 6.31. The SMILES string of the molecule is Cc1ccccc1S(=O)(=O)N1CC(c2ccccc2)OCC1(C)C. The van der Waals surface area contributed by atoms with Crippen molar-refractivity contribution in [1.82, 2.24) is 4.31 Å². The van der Waals surface area contributed by atoms with Crippen LogP contribution >= 0.6 is 0 Å². The molecule has 2 aromatic rings. The van der Waals surface area contributed by atoms with Gasteiger partial charge in [-0.1, -0.05) is 48.5 Å². The van der Waals surface area contributed by atoms with Gasteiger partial charge in [-0.05, 0) is 38.0 Å². The smallest absolute Gasteiger partial charge is 0.244 e. The van der Waals surface area contributed by atoms with E-state index in [4.69, 9.17) is 4.74 Å². The van der Waals surface area contributed by atoms with Crippen LogP contribution in [0, 0.1) is 6.92 Å². The van der Waals surface area contributed by atoms with Crippen LogP contribution in [0.25, 0.3) is 0 Å². The average molecular weight is 345 g/mol. The van der Waals surface area contributed by atoms with Crippen molar-refractivity contribution >= 4 is 10.0 Å². The van der Waals surface area contributed by atoms with Crippen LogP contribution < -0.4 is 0 Å². The van der Waals surface area contributed by atoms with Gasteiger partial charge in [-0.15, -0.1) is 0 Å². The van der Waals surface area contributed by atoms with Gasteiger partial charge >= 0.3 is 0 Å². The molecule has 1 unspecified atom stereocenters. The number of aryl methyl sites for hydroxylation is 1. The Hall–Kier alpha value is -1.69. The summed E-state index contributed by atoms with van der Waals surface area (Å²) in [5, 5.41) is 0. The molecule has 1 aliphatic rings. The van der Waals surface area contributed by atoms with Gasteiger partial charge in [-0.2, -0.15) is 4.31 Å². The van der Waals surface area contributed by atoms with E-state index in [1.807, 2.05) is 63.2 Å². The maximum atomic E-state index is 13.3. The van der Waals surface area contributed by atoms with Crippen LogP contribution in [0.2, 0.25) is 0 Å². The average Bonchev–Trinajstić information content (AvgIpc) is 2.55. The third-order valence-corrected chi connectivity index (χ3v) is 6.72. The lowest BCUT2D eigenvalue weighted by Crippen LogP contribution is -2.56. The molecule has 1 fully saturated rings. The maximum Gasteiger partial charge on any atom is 0.244 e. The predicted octanol–water partition coefficient (Wildman–Crippen LogP) is 3.54. The molecular weight excluding hydrogens is 322 g/mol. The summed E-state index contributed by atoms with van der Waals surface area (Å²) in [6.07, 6.45) is -0.252. The first kappa shape index (κ1) is 17.1. The lowest BCUT2D eigenvalue weighted by molar-refractivity contribution is -0.0655. The van der Waals surface area contributed by atoms with Crippen LogP contribution in [0.5, 0.6) is 0 Å². The van der Waals surface area contributed by atoms with Crippen LogP contribution in [0.15, 0.2) is 59.5 Å². The Morgan fingerprint density at radius 1 is 1.04 bits per heavy atom. The van der Waals surface area contributed by atoms with Crippen LogP contribution in [-0.2, 0) is 14.8 Å². The van der Waals surface area contributed by atoms with E-state index in [9.17, 15) is 8.42 Å². The molecule has 0 radical (unpaired) electrons. The first-order valence-electron chi connectivity index (χ1n) is 8.07. The zero-order valence-electron chi connectivity index (χ0n) is 14.3. The molecule has 0 aliphatic carbocycles. The molecule has 1 saturated heterocycles. The molecule has 24 heavy (non-hydrogen) atoms. The van der Waals surface area contributed by atoms with E-state index in [1.165, 1.54) is 0 Å². The summed E-state index contributed by atoms with van der Waals surface area (Å²) < 4.78 is 34.1. The summed E-state index contributed by atoms with van der Waals surface area (Å²) in [6.45, 7) is 6.31. The molecule has 3 rings (SSSR count). The van der Waals surface area contributed by atoms with Gasteiger partial charge in [0, 0.05) is 6.54 Å². The Labute approximate surface area is 144 Å². The Morgan fingerprint density at radius 2 is 1.67 bits per heavy atom. The van der Waals surface area contributed by atoms with Crippen LogP contribution in [0.1, 0.15) is 31.1 Å². The van der Waals surface area contributed by atoms with Crippen molar-refractivity contribution in [3.05, 3.63) is 65.7 Å². The van der Waals surface area contributed by atoms with Crippen molar-refractivity contribution in [2.75, 3.05) is 13.2 Å². The fourth-order valence-corrected chi connectivity index (χ4v) is 5.08. The first-order valence-corrected chi connectivity index (χ1v) is 9.51. The minimum absolute atomic E-state index is 0.252. The normalized spacial score (nSPS) is 21.5. The summed E-state index contributed by atoms with van der Waals surface area (Å²) in [5.74, 6) is 0. The third kappa shape index (κ3) is 3.11. The molecule has 1 atom stereocenters. The highest BCUT2D eigenvalue weighted by Crippen LogP contribution is 2.35. The van der Waals surface area contributed by atoms with E-state index in [0.717, 1.165) is 11.1 Å². The van der Waals surface area contributed by atoms with Crippen LogP contribution in [0.4, 0.5) is 0 Å². The van der Waals surface area contributed by atoms with Gasteiger partial charge in [0.1, 0.15) is 0 Å². The molecule has 0 bridgehead atoms. The molecule has 4 nitrogen and oxygen atoms in total. The van der Waals surface area contributed by atoms with Crippen molar-refractivity contribution in [3.8, 4) is 0 Å². The number of benzene rings is 2. The zero-order chi connectivity index (χ0) is 17.4. The van der Waals surface area contributed by atoms with Crippen molar-refractivity contribution in [1.29, 1.82) is 0 Å². The molecule has 2 aromatic carbocycles. The fraction of sp³-hybridized carbons (Fsp3) is 0.368. The Balaban J connectivity index is 1.99. The van der Waals surface area contributed by atoms with Gasteiger partial charge in [0.15, 0.2) is 0 Å². The molecular formula is C19H23NO3S. The molecule has 1 heterocycles. The lowest BCUT2D eigenvalue weighted by Gasteiger charge is -2.44. The predicted molar refractivity (Wildman–Crippen MR) is 94.3 cm³/mol. The van der Waals surface area contributed by atoms with Gasteiger partial charge in [-0.25, -0.2) is 8.42 Å². The highest BCUT2D eigenvalue weighted by molar-refractivity contribution is 7.89. The Morgan fingerprint density at radius 3 is 2.33 bits per heavy atom. The number of hydrogen-bond acceptors (Lipinski definition) is 3. The Kier molecular flexibility index (Phi) is 4.51. The van der Waals surface area contributed by atoms with Crippen molar-refractivity contribution in [2.24, 2.45) is 0 Å². The molecule has 1 aliphatic heterocycles. The summed E-state index contributed by atoms with van der Waals surface area (Å²) >= 11 is 0. The summed E-state index contributed by atoms with van der Waals surface area (Å²) in [5.41, 5.74) is 1.17. The minimum Gasteiger partial charge on any atom is -0.370 e. The van der Waals surface area contributed by atoms with E-state index < -0.39 is 15.6 Å². The van der Waals surface area contributed by atoms with Gasteiger partial charge in [0.2, 0.25) is 10.0 Å². The number of sulfonamides is 1. The van der Waals surface area contributed by atoms with E-state index in [0.29, 0.717) is 18.0 Å². The summed E-state index contributed by atoms with van der Waals surface area (Å²) in [4.78, 5) is 0.367. The van der Waals surface area contributed by atoms with Gasteiger partial charge in [0.25, 0.3) is 0 Å². The summed E-state index contributed by atoms with van der Waals surface area (Å²) in [6, 6.07) is 16.9. The van der Waals surface area contributed by atoms with Crippen LogP contribution in [0.3, 0.4) is 0 Å². The molecule has 0 aromatic heterocycles. The van der Waals surface area contributed by atoms with E-state index in [2.05, 4.69) is 0 Å². The van der Waals surface area contributed by atoms with Gasteiger partial charge in [0.05, 0.1) is 23.1 Å². The van der Waals surface area contributed by atoms with E-state index in [1.54, 1.807) is 16.4 Å². The maximum absolute atomic E-state index is 13.3. The van der Waals surface area contributed by atoms with Crippen molar-refractivity contribution in [3.63, 3.8) is 0 Å². The molecule has 0 amide bonds. The number of ether oxygens (including phenoxy) is 1. The molecule has 0 spiro atoms. The topological polar surface area (TPSA) is 46.6 Å². The number of nitrogens with zero attached hydrogens (tertiary/aromatic N) is 1. The fourth-order valence-electron chi connectivity index (χ4n) is 3.08. The Bertz CT molecular complexity index is 816. The second-order valence-corrected chi connectivity index (χ2v) is 8.66. The molecule has 0 saturated carbocycles. The first-order chi connectivity index (χ1) is 11.3.